The highest BCUT2D eigenvalue weighted by Crippen LogP contribution is 2.25. The van der Waals surface area contributed by atoms with Crippen molar-refractivity contribution in [3.8, 4) is 11.3 Å². The van der Waals surface area contributed by atoms with Gasteiger partial charge in [0.25, 0.3) is 0 Å². The second-order valence-electron chi connectivity index (χ2n) is 8.08. The number of hydrogen-bond acceptors (Lipinski definition) is 5. The largest absolute Gasteiger partial charge is 0.361 e. The number of nitrogens with one attached hydrogen (secondary N) is 1. The van der Waals surface area contributed by atoms with Crippen LogP contribution in [0.15, 0.2) is 16.9 Å². The number of amides is 2. The van der Waals surface area contributed by atoms with Gasteiger partial charge in [0.2, 0.25) is 0 Å². The molecule has 140 valence electrons. The first kappa shape index (κ1) is 18.4. The molecule has 0 spiro atoms. The van der Waals surface area contributed by atoms with Crippen molar-refractivity contribution >= 4 is 6.03 Å². The Hall–Kier alpha value is -2.44. The lowest BCUT2D eigenvalue weighted by atomic mass is 10.0. The summed E-state index contributed by atoms with van der Waals surface area (Å²) in [7, 11) is 0. The van der Waals surface area contributed by atoms with Gasteiger partial charge in [-0.05, 0) is 53.4 Å². The van der Waals surface area contributed by atoms with Crippen LogP contribution in [0.1, 0.15) is 44.3 Å². The van der Waals surface area contributed by atoms with E-state index in [-0.39, 0.29) is 11.6 Å². The third kappa shape index (κ3) is 4.20. The molecule has 1 N–H and O–H groups in total. The van der Waals surface area contributed by atoms with E-state index >= 15 is 0 Å². The molecule has 2 amide bonds. The highest BCUT2D eigenvalue weighted by molar-refractivity contribution is 5.75. The van der Waals surface area contributed by atoms with Gasteiger partial charge in [0.15, 0.2) is 0 Å². The van der Waals surface area contributed by atoms with Gasteiger partial charge in [-0.25, -0.2) is 4.79 Å². The molecule has 7 heteroatoms. The van der Waals surface area contributed by atoms with Crippen LogP contribution in [-0.4, -0.2) is 44.7 Å². The molecule has 1 fully saturated rings. The van der Waals surface area contributed by atoms with Gasteiger partial charge in [-0.15, -0.1) is 0 Å². The minimum absolute atomic E-state index is 0.0137. The predicted octanol–water partition coefficient (Wildman–Crippen LogP) is 3.12. The van der Waals surface area contributed by atoms with E-state index in [0.717, 1.165) is 54.3 Å². The molecule has 0 unspecified atom stereocenters. The zero-order valence-electron chi connectivity index (χ0n) is 16.2. The summed E-state index contributed by atoms with van der Waals surface area (Å²) in [4.78, 5) is 23.3. The molecule has 3 rings (SSSR count). The van der Waals surface area contributed by atoms with E-state index in [2.05, 4.69) is 20.4 Å². The third-order valence-electron chi connectivity index (χ3n) is 4.55. The average molecular weight is 357 g/mol. The molecule has 0 radical (unpaired) electrons. The van der Waals surface area contributed by atoms with E-state index < -0.39 is 0 Å². The first-order valence-electron chi connectivity index (χ1n) is 9.04. The van der Waals surface area contributed by atoms with Crippen LogP contribution in [0.4, 0.5) is 4.79 Å². The van der Waals surface area contributed by atoms with Gasteiger partial charge >= 0.3 is 6.03 Å². The standard InChI is InChI=1S/C19H27N5O2/c1-12-17(13(2)26-23-12)16-10-20-15(9-21-16)8-14-6-7-24(11-14)18(25)22-19(3,4)5/h9-10,14H,6-8,11H2,1-5H3,(H,22,25)/t14-/m1/s1. The maximum Gasteiger partial charge on any atom is 0.317 e. The third-order valence-corrected chi connectivity index (χ3v) is 4.55. The quantitative estimate of drug-likeness (QED) is 0.912. The van der Waals surface area contributed by atoms with Crippen molar-refractivity contribution < 1.29 is 9.32 Å². The van der Waals surface area contributed by atoms with Crippen LogP contribution in [0.5, 0.6) is 0 Å². The Morgan fingerprint density at radius 3 is 2.65 bits per heavy atom. The van der Waals surface area contributed by atoms with E-state index in [0.29, 0.717) is 5.92 Å². The molecule has 26 heavy (non-hydrogen) atoms. The van der Waals surface area contributed by atoms with Gasteiger partial charge < -0.3 is 14.7 Å². The normalized spacial score (nSPS) is 17.6. The van der Waals surface area contributed by atoms with Crippen molar-refractivity contribution in [1.29, 1.82) is 0 Å². The number of carbonyl (C=O) groups excluding carboxylic acids is 1. The summed E-state index contributed by atoms with van der Waals surface area (Å²) in [5, 5.41) is 6.99. The van der Waals surface area contributed by atoms with Gasteiger partial charge in [0, 0.05) is 24.8 Å². The van der Waals surface area contributed by atoms with Crippen LogP contribution >= 0.6 is 0 Å². The summed E-state index contributed by atoms with van der Waals surface area (Å²) >= 11 is 0. The Morgan fingerprint density at radius 2 is 2.08 bits per heavy atom. The summed E-state index contributed by atoms with van der Waals surface area (Å²) in [5.41, 5.74) is 3.25. The number of aryl methyl sites for hydroxylation is 2. The van der Waals surface area contributed by atoms with Gasteiger partial charge in [0.05, 0.1) is 28.8 Å². The van der Waals surface area contributed by atoms with Crippen LogP contribution in [0.25, 0.3) is 11.3 Å². The van der Waals surface area contributed by atoms with Gasteiger partial charge in [0.1, 0.15) is 5.76 Å². The fourth-order valence-corrected chi connectivity index (χ4v) is 3.32. The number of likely N-dealkylation sites (tertiary alicyclic amines) is 1. The second-order valence-corrected chi connectivity index (χ2v) is 8.08. The van der Waals surface area contributed by atoms with Crippen LogP contribution in [0.2, 0.25) is 0 Å². The Labute approximate surface area is 154 Å². The molecule has 2 aromatic rings. The van der Waals surface area contributed by atoms with Crippen molar-refractivity contribution in [2.75, 3.05) is 13.1 Å². The van der Waals surface area contributed by atoms with Crippen molar-refractivity contribution in [3.05, 3.63) is 29.5 Å². The molecule has 1 saturated heterocycles. The molecule has 0 aliphatic carbocycles. The number of aromatic nitrogens is 3. The fourth-order valence-electron chi connectivity index (χ4n) is 3.32. The Kier molecular flexibility index (Phi) is 4.98. The van der Waals surface area contributed by atoms with Crippen molar-refractivity contribution in [1.82, 2.24) is 25.3 Å². The van der Waals surface area contributed by atoms with Gasteiger partial charge in [-0.1, -0.05) is 5.16 Å². The number of nitrogens with zero attached hydrogens (tertiary/aromatic N) is 4. The van der Waals surface area contributed by atoms with E-state index in [1.807, 2.05) is 45.7 Å². The van der Waals surface area contributed by atoms with E-state index in [9.17, 15) is 4.79 Å². The van der Waals surface area contributed by atoms with Crippen LogP contribution in [0, 0.1) is 19.8 Å². The smallest absolute Gasteiger partial charge is 0.317 e. The summed E-state index contributed by atoms with van der Waals surface area (Å²) in [6.45, 7) is 11.3. The summed E-state index contributed by atoms with van der Waals surface area (Å²) in [6, 6.07) is 0.0137. The Balaban J connectivity index is 1.60. The fraction of sp³-hybridized carbons (Fsp3) is 0.579. The maximum atomic E-state index is 12.3. The lowest BCUT2D eigenvalue weighted by molar-refractivity contribution is 0.197. The topological polar surface area (TPSA) is 84.2 Å². The number of urea groups is 1. The monoisotopic (exact) mass is 357 g/mol. The van der Waals surface area contributed by atoms with Crippen molar-refractivity contribution in [2.45, 2.75) is 53.0 Å². The van der Waals surface area contributed by atoms with Gasteiger partial charge in [-0.2, -0.15) is 0 Å². The molecular weight excluding hydrogens is 330 g/mol. The molecule has 0 saturated carbocycles. The molecule has 2 aromatic heterocycles. The average Bonchev–Trinajstić information content (AvgIpc) is 3.14. The number of carbonyl (C=O) groups is 1. The van der Waals surface area contributed by atoms with E-state index in [1.165, 1.54) is 0 Å². The minimum Gasteiger partial charge on any atom is -0.361 e. The summed E-state index contributed by atoms with van der Waals surface area (Å²) in [5.74, 6) is 1.17. The zero-order chi connectivity index (χ0) is 18.9. The van der Waals surface area contributed by atoms with Crippen molar-refractivity contribution in [3.63, 3.8) is 0 Å². The van der Waals surface area contributed by atoms with Crippen LogP contribution in [0.3, 0.4) is 0 Å². The first-order valence-corrected chi connectivity index (χ1v) is 9.04. The molecule has 1 atom stereocenters. The highest BCUT2D eigenvalue weighted by atomic mass is 16.5. The number of hydrogen-bond donors (Lipinski definition) is 1. The Morgan fingerprint density at radius 1 is 1.31 bits per heavy atom. The second kappa shape index (κ2) is 7.05. The number of rotatable bonds is 3. The SMILES string of the molecule is Cc1noc(C)c1-c1cnc(C[C@H]2CCN(C(=O)NC(C)(C)C)C2)cn1. The molecule has 1 aliphatic heterocycles. The predicted molar refractivity (Wildman–Crippen MR) is 98.7 cm³/mol. The van der Waals surface area contributed by atoms with Crippen LogP contribution in [-0.2, 0) is 6.42 Å². The minimum atomic E-state index is -0.214. The van der Waals surface area contributed by atoms with Crippen molar-refractivity contribution in [2.24, 2.45) is 5.92 Å². The lowest BCUT2D eigenvalue weighted by Crippen LogP contribution is -2.47. The first-order chi connectivity index (χ1) is 12.2. The molecule has 0 aromatic carbocycles. The molecule has 3 heterocycles. The van der Waals surface area contributed by atoms with E-state index in [1.54, 1.807) is 6.20 Å². The van der Waals surface area contributed by atoms with E-state index in [4.69, 9.17) is 4.52 Å². The molecule has 7 nitrogen and oxygen atoms in total. The molecular formula is C19H27N5O2. The highest BCUT2D eigenvalue weighted by Gasteiger charge is 2.28. The maximum absolute atomic E-state index is 12.3. The zero-order valence-corrected chi connectivity index (χ0v) is 16.2. The molecule has 1 aliphatic rings. The summed E-state index contributed by atoms with van der Waals surface area (Å²) in [6.07, 6.45) is 5.42. The van der Waals surface area contributed by atoms with Gasteiger partial charge in [-0.3, -0.25) is 9.97 Å². The summed E-state index contributed by atoms with van der Waals surface area (Å²) < 4.78 is 5.20. The lowest BCUT2D eigenvalue weighted by Gasteiger charge is -2.25. The Bertz CT molecular complexity index is 757. The van der Waals surface area contributed by atoms with Crippen LogP contribution < -0.4 is 5.32 Å². The molecule has 0 bridgehead atoms.